The van der Waals surface area contributed by atoms with Crippen LogP contribution in [0.5, 0.6) is 0 Å². The number of allylic oxidation sites excluding steroid dienone is 4. The van der Waals surface area contributed by atoms with Crippen LogP contribution in [0.1, 0.15) is 0 Å². The van der Waals surface area contributed by atoms with Crippen molar-refractivity contribution in [2.24, 2.45) is 0 Å². The maximum absolute atomic E-state index is 10.8. The molecule has 0 amide bonds. The van der Waals surface area contributed by atoms with E-state index in [4.69, 9.17) is 0 Å². The van der Waals surface area contributed by atoms with Gasteiger partial charge in [0.1, 0.15) is 0 Å². The van der Waals surface area contributed by atoms with E-state index in [0.717, 1.165) is 8.47 Å². The minimum Gasteiger partial charge on any atom is -0.297 e. The normalized spacial score (nSPS) is 19.6. The summed E-state index contributed by atoms with van der Waals surface area (Å²) in [5.41, 5.74) is 0. The van der Waals surface area contributed by atoms with Crippen LogP contribution < -0.4 is 0 Å². The van der Waals surface area contributed by atoms with Crippen molar-refractivity contribution in [3.05, 3.63) is 28.1 Å². The van der Waals surface area contributed by atoms with E-state index in [1.807, 2.05) is 0 Å². The fraction of sp³-hybridized carbons (Fsp3) is 0. The highest BCUT2D eigenvalue weighted by Crippen LogP contribution is 2.58. The molecule has 0 unspecified atom stereocenters. The molecule has 4 nitrogen and oxygen atoms in total. The van der Waals surface area contributed by atoms with Crippen LogP contribution in [0.4, 0.5) is 0 Å². The summed E-state index contributed by atoms with van der Waals surface area (Å²) in [6.07, 6.45) is 2.53. The van der Waals surface area contributed by atoms with Gasteiger partial charge in [0.05, 0.1) is 28.1 Å². The topological polar surface area (TPSA) is 68.3 Å². The number of thioether (sulfide) groups is 4. The molecular weight excluding hydrogens is 312 g/mol. The lowest BCUT2D eigenvalue weighted by molar-refractivity contribution is -0.106. The molecule has 18 heavy (non-hydrogen) atoms. The van der Waals surface area contributed by atoms with Crippen LogP contribution >= 0.6 is 47.0 Å². The number of hydrogen-bond donors (Lipinski definition) is 0. The largest absolute Gasteiger partial charge is 0.297 e. The molecule has 2 rings (SSSR count). The van der Waals surface area contributed by atoms with Crippen LogP contribution in [0.15, 0.2) is 28.1 Å². The molecule has 2 aliphatic heterocycles. The molecule has 0 fully saturated rings. The van der Waals surface area contributed by atoms with Gasteiger partial charge in [0, 0.05) is 0 Å². The quantitative estimate of drug-likeness (QED) is 0.732. The second-order valence-electron chi connectivity index (χ2n) is 2.91. The van der Waals surface area contributed by atoms with Crippen molar-refractivity contribution in [1.82, 2.24) is 0 Å². The van der Waals surface area contributed by atoms with Crippen LogP contribution in [-0.4, -0.2) is 25.1 Å². The molecule has 2 aliphatic rings. The van der Waals surface area contributed by atoms with Crippen molar-refractivity contribution in [3.63, 3.8) is 0 Å². The summed E-state index contributed by atoms with van der Waals surface area (Å²) in [6.45, 7) is 0. The molecule has 0 aromatic carbocycles. The SMILES string of the molecule is O=CC1=C(C=O)SC(=C2SC(C=O)=C(C=O)S2)S1. The lowest BCUT2D eigenvalue weighted by Gasteiger charge is -1.99. The van der Waals surface area contributed by atoms with Crippen molar-refractivity contribution < 1.29 is 19.2 Å². The Labute approximate surface area is 119 Å². The van der Waals surface area contributed by atoms with Gasteiger partial charge in [-0.05, 0) is 0 Å². The number of carbonyl (C=O) groups is 4. The number of rotatable bonds is 4. The summed E-state index contributed by atoms with van der Waals surface area (Å²) < 4.78 is 1.51. The molecule has 0 spiro atoms. The molecule has 0 saturated heterocycles. The maximum Gasteiger partial charge on any atom is 0.158 e. The molecule has 0 aromatic heterocycles. The summed E-state index contributed by atoms with van der Waals surface area (Å²) in [5.74, 6) is 0. The summed E-state index contributed by atoms with van der Waals surface area (Å²) in [5, 5.41) is 0. The van der Waals surface area contributed by atoms with Gasteiger partial charge in [-0.15, -0.1) is 0 Å². The Bertz CT molecular complexity index is 452. The van der Waals surface area contributed by atoms with Crippen molar-refractivity contribution in [3.8, 4) is 0 Å². The van der Waals surface area contributed by atoms with E-state index in [1.165, 1.54) is 47.0 Å². The fourth-order valence-corrected chi connectivity index (χ4v) is 5.97. The highest BCUT2D eigenvalue weighted by Gasteiger charge is 2.29. The van der Waals surface area contributed by atoms with Crippen LogP contribution in [0.3, 0.4) is 0 Å². The third kappa shape index (κ3) is 2.51. The van der Waals surface area contributed by atoms with Gasteiger partial charge in [0.15, 0.2) is 25.1 Å². The van der Waals surface area contributed by atoms with Crippen molar-refractivity contribution >= 4 is 72.2 Å². The third-order valence-electron chi connectivity index (χ3n) is 1.89. The maximum atomic E-state index is 10.8. The van der Waals surface area contributed by atoms with Gasteiger partial charge >= 0.3 is 0 Å². The first-order valence-corrected chi connectivity index (χ1v) is 7.75. The molecule has 0 aromatic rings. The zero-order chi connectivity index (χ0) is 13.1. The van der Waals surface area contributed by atoms with Crippen molar-refractivity contribution in [2.45, 2.75) is 0 Å². The second kappa shape index (κ2) is 5.96. The Morgan fingerprint density at radius 1 is 0.500 bits per heavy atom. The summed E-state index contributed by atoms with van der Waals surface area (Å²) in [7, 11) is 0. The van der Waals surface area contributed by atoms with Gasteiger partial charge in [0.25, 0.3) is 0 Å². The molecule has 0 aliphatic carbocycles. The highest BCUT2D eigenvalue weighted by atomic mass is 32.2. The lowest BCUT2D eigenvalue weighted by atomic mass is 10.5. The van der Waals surface area contributed by atoms with Gasteiger partial charge in [-0.3, -0.25) is 19.2 Å². The summed E-state index contributed by atoms with van der Waals surface area (Å²) >= 11 is 4.75. The number of aldehydes is 4. The van der Waals surface area contributed by atoms with Crippen LogP contribution in [0.25, 0.3) is 0 Å². The monoisotopic (exact) mass is 316 g/mol. The van der Waals surface area contributed by atoms with E-state index in [1.54, 1.807) is 0 Å². The van der Waals surface area contributed by atoms with E-state index in [9.17, 15) is 19.2 Å². The van der Waals surface area contributed by atoms with Crippen molar-refractivity contribution in [1.29, 1.82) is 0 Å². The first-order valence-electron chi connectivity index (χ1n) is 4.48. The van der Waals surface area contributed by atoms with Gasteiger partial charge in [-0.25, -0.2) is 0 Å². The van der Waals surface area contributed by atoms with Gasteiger partial charge in [-0.1, -0.05) is 47.0 Å². The van der Waals surface area contributed by atoms with E-state index in [2.05, 4.69) is 0 Å². The predicted molar refractivity (Wildman–Crippen MR) is 75.7 cm³/mol. The molecule has 0 atom stereocenters. The Morgan fingerprint density at radius 2 is 0.722 bits per heavy atom. The Kier molecular flexibility index (Phi) is 4.55. The average Bonchev–Trinajstić information content (AvgIpc) is 3.01. The first-order chi connectivity index (χ1) is 8.73. The zero-order valence-electron chi connectivity index (χ0n) is 8.58. The van der Waals surface area contributed by atoms with Gasteiger partial charge < -0.3 is 0 Å². The minimum absolute atomic E-state index is 0.367. The molecule has 0 radical (unpaired) electrons. The number of carbonyl (C=O) groups excluding carboxylic acids is 4. The first kappa shape index (κ1) is 13.7. The van der Waals surface area contributed by atoms with E-state index < -0.39 is 0 Å². The Balaban J connectivity index is 2.24. The van der Waals surface area contributed by atoms with Gasteiger partial charge in [0.2, 0.25) is 0 Å². The zero-order valence-corrected chi connectivity index (χ0v) is 11.8. The Morgan fingerprint density at radius 3 is 0.889 bits per heavy atom. The highest BCUT2D eigenvalue weighted by molar-refractivity contribution is 8.34. The second-order valence-corrected chi connectivity index (χ2v) is 7.64. The molecular formula is C10H4O4S4. The van der Waals surface area contributed by atoms with Crippen LogP contribution in [0, 0.1) is 0 Å². The molecule has 0 bridgehead atoms. The molecule has 0 saturated carbocycles. The smallest absolute Gasteiger partial charge is 0.158 e. The minimum atomic E-state index is 0.367. The fourth-order valence-electron chi connectivity index (χ4n) is 1.14. The molecule has 8 heteroatoms. The summed E-state index contributed by atoms with van der Waals surface area (Å²) in [4.78, 5) is 44.5. The predicted octanol–water partition coefficient (Wildman–Crippen LogP) is 2.29. The summed E-state index contributed by atoms with van der Waals surface area (Å²) in [6, 6.07) is 0. The van der Waals surface area contributed by atoms with Crippen LogP contribution in [-0.2, 0) is 19.2 Å². The number of hydrogen-bond acceptors (Lipinski definition) is 8. The molecule has 0 N–H and O–H groups in total. The molecule has 92 valence electrons. The van der Waals surface area contributed by atoms with E-state index in [0.29, 0.717) is 44.8 Å². The Hall–Kier alpha value is -0.700. The lowest BCUT2D eigenvalue weighted by Crippen LogP contribution is -1.79. The van der Waals surface area contributed by atoms with E-state index >= 15 is 0 Å². The average molecular weight is 316 g/mol. The van der Waals surface area contributed by atoms with E-state index in [-0.39, 0.29) is 0 Å². The van der Waals surface area contributed by atoms with Gasteiger partial charge in [-0.2, -0.15) is 0 Å². The molecule has 2 heterocycles. The van der Waals surface area contributed by atoms with Crippen molar-refractivity contribution in [2.75, 3.05) is 0 Å². The van der Waals surface area contributed by atoms with Crippen LogP contribution in [0.2, 0.25) is 0 Å². The third-order valence-corrected chi connectivity index (χ3v) is 7.37. The standard InChI is InChI=1S/C10H4O4S4/c11-1-5-6(2-12)16-9(15-5)10-17-7(3-13)8(4-14)18-10/h1-4H.